The number of nitrogens with one attached hydrogen (secondary N) is 2. The first kappa shape index (κ1) is 31.1. The maximum absolute atomic E-state index is 14.1. The molecule has 0 aliphatic rings. The fourth-order valence-corrected chi connectivity index (χ4v) is 4.01. The molecule has 2 unspecified atom stereocenters. The monoisotopic (exact) mass is 540 g/mol. The molecule has 212 valence electrons. The van der Waals surface area contributed by atoms with Gasteiger partial charge in [-0.2, -0.15) is 0 Å². The highest BCUT2D eigenvalue weighted by molar-refractivity contribution is 6.00. The number of amides is 4. The van der Waals surface area contributed by atoms with E-state index in [2.05, 4.69) is 10.6 Å². The van der Waals surface area contributed by atoms with Gasteiger partial charge in [-0.15, -0.1) is 0 Å². The lowest BCUT2D eigenvalue weighted by molar-refractivity contribution is -0.147. The van der Waals surface area contributed by atoms with Gasteiger partial charge < -0.3 is 30.7 Å². The van der Waals surface area contributed by atoms with Gasteiger partial charge in [-0.3, -0.25) is 14.4 Å². The summed E-state index contributed by atoms with van der Waals surface area (Å²) in [6, 6.07) is 11.5. The highest BCUT2D eigenvalue weighted by atomic mass is 16.6. The third kappa shape index (κ3) is 9.31. The highest BCUT2D eigenvalue weighted by Gasteiger charge is 2.42. The summed E-state index contributed by atoms with van der Waals surface area (Å²) in [6.45, 7) is 12.2. The molecular formula is C29H40N4O6. The average molecular weight is 541 g/mol. The van der Waals surface area contributed by atoms with Crippen LogP contribution in [0, 0.1) is 6.92 Å². The molecule has 0 spiro atoms. The summed E-state index contributed by atoms with van der Waals surface area (Å²) < 4.78 is 10.5. The van der Waals surface area contributed by atoms with Gasteiger partial charge in [0.25, 0.3) is 5.91 Å². The summed E-state index contributed by atoms with van der Waals surface area (Å²) in [5.41, 5.74) is 5.63. The van der Waals surface area contributed by atoms with Crippen LogP contribution in [0.4, 0.5) is 10.5 Å². The number of primary amides is 1. The highest BCUT2D eigenvalue weighted by Crippen LogP contribution is 2.32. The van der Waals surface area contributed by atoms with E-state index in [0.717, 1.165) is 5.56 Å². The van der Waals surface area contributed by atoms with Gasteiger partial charge in [-0.1, -0.05) is 29.8 Å². The van der Waals surface area contributed by atoms with Crippen LogP contribution in [-0.2, 0) is 19.1 Å². The van der Waals surface area contributed by atoms with Crippen LogP contribution in [0.2, 0.25) is 0 Å². The largest absolute Gasteiger partial charge is 0.497 e. The Morgan fingerprint density at radius 3 is 2.08 bits per heavy atom. The molecule has 39 heavy (non-hydrogen) atoms. The average Bonchev–Trinajstić information content (AvgIpc) is 2.79. The number of hydrogen-bond acceptors (Lipinski definition) is 6. The van der Waals surface area contributed by atoms with E-state index in [0.29, 0.717) is 17.0 Å². The summed E-state index contributed by atoms with van der Waals surface area (Å²) in [4.78, 5) is 53.9. The maximum atomic E-state index is 14.1. The quantitative estimate of drug-likeness (QED) is 0.438. The molecule has 2 aromatic rings. The first-order chi connectivity index (χ1) is 18.0. The number of methoxy groups -OCH3 is 1. The second-order valence-corrected chi connectivity index (χ2v) is 11.3. The van der Waals surface area contributed by atoms with Crippen molar-refractivity contribution in [2.75, 3.05) is 12.4 Å². The molecule has 0 fully saturated rings. The van der Waals surface area contributed by atoms with Crippen molar-refractivity contribution < 1.29 is 28.7 Å². The van der Waals surface area contributed by atoms with Crippen molar-refractivity contribution in [3.05, 3.63) is 59.7 Å². The van der Waals surface area contributed by atoms with Crippen LogP contribution < -0.4 is 21.1 Å². The van der Waals surface area contributed by atoms with E-state index in [1.165, 1.54) is 4.90 Å². The Labute approximate surface area is 230 Å². The van der Waals surface area contributed by atoms with Crippen LogP contribution in [0.15, 0.2) is 48.5 Å². The van der Waals surface area contributed by atoms with Crippen molar-refractivity contribution in [3.63, 3.8) is 0 Å². The second-order valence-electron chi connectivity index (χ2n) is 11.3. The standard InChI is InChI=1S/C29H40N4O6/c1-18-10-9-11-19(16-18)24(25(35)31-20-12-14-21(38-8)15-13-20)33(28(2,3)4)26(36)22(17-23(30)34)32-27(37)39-29(5,6)7/h9-16,22,24H,17H2,1-8H3,(H2,30,34)(H,31,35)(H,32,37). The minimum Gasteiger partial charge on any atom is -0.497 e. The molecule has 10 nitrogen and oxygen atoms in total. The van der Waals surface area contributed by atoms with Crippen molar-refractivity contribution in [2.45, 2.75) is 78.1 Å². The predicted molar refractivity (Wildman–Crippen MR) is 149 cm³/mol. The van der Waals surface area contributed by atoms with Crippen molar-refractivity contribution in [1.82, 2.24) is 10.2 Å². The molecule has 2 aromatic carbocycles. The molecule has 0 saturated carbocycles. The Bertz CT molecular complexity index is 1180. The van der Waals surface area contributed by atoms with E-state index in [1.807, 2.05) is 19.1 Å². The molecular weight excluding hydrogens is 500 g/mol. The molecule has 0 aromatic heterocycles. The van der Waals surface area contributed by atoms with Crippen LogP contribution in [0.1, 0.15) is 65.1 Å². The third-order valence-electron chi connectivity index (χ3n) is 5.58. The summed E-state index contributed by atoms with van der Waals surface area (Å²) >= 11 is 0. The number of rotatable bonds is 9. The number of benzene rings is 2. The number of carbonyl (C=O) groups is 4. The van der Waals surface area contributed by atoms with Gasteiger partial charge in [0.1, 0.15) is 23.4 Å². The number of anilines is 1. The van der Waals surface area contributed by atoms with Gasteiger partial charge >= 0.3 is 6.09 Å². The predicted octanol–water partition coefficient (Wildman–Crippen LogP) is 4.08. The van der Waals surface area contributed by atoms with Crippen molar-refractivity contribution in [2.24, 2.45) is 5.73 Å². The lowest BCUT2D eigenvalue weighted by Gasteiger charge is -2.43. The molecule has 2 rings (SSSR count). The van der Waals surface area contributed by atoms with E-state index >= 15 is 0 Å². The van der Waals surface area contributed by atoms with E-state index < -0.39 is 53.5 Å². The van der Waals surface area contributed by atoms with Gasteiger partial charge in [-0.25, -0.2) is 4.79 Å². The SMILES string of the molecule is COc1ccc(NC(=O)C(c2cccc(C)c2)N(C(=O)C(CC(N)=O)NC(=O)OC(C)(C)C)C(C)(C)C)cc1. The van der Waals surface area contributed by atoms with E-state index in [1.54, 1.807) is 85.1 Å². The second kappa shape index (κ2) is 12.6. The molecule has 0 aliphatic heterocycles. The summed E-state index contributed by atoms with van der Waals surface area (Å²) in [5, 5.41) is 5.36. The van der Waals surface area contributed by atoms with Crippen LogP contribution >= 0.6 is 0 Å². The molecule has 0 radical (unpaired) electrons. The number of nitrogens with two attached hydrogens (primary N) is 1. The summed E-state index contributed by atoms with van der Waals surface area (Å²) in [6.07, 6.45) is -1.36. The van der Waals surface area contributed by atoms with Crippen LogP contribution in [0.25, 0.3) is 0 Å². The molecule has 4 amide bonds. The topological polar surface area (TPSA) is 140 Å². The minimum absolute atomic E-state index is 0.481. The Morgan fingerprint density at radius 2 is 1.59 bits per heavy atom. The number of alkyl carbamates (subject to hydrolysis) is 1. The molecule has 4 N–H and O–H groups in total. The van der Waals surface area contributed by atoms with E-state index in [4.69, 9.17) is 15.2 Å². The molecule has 0 heterocycles. The number of hydrogen-bond donors (Lipinski definition) is 3. The van der Waals surface area contributed by atoms with Crippen LogP contribution in [0.3, 0.4) is 0 Å². The molecule has 0 aliphatic carbocycles. The van der Waals surface area contributed by atoms with Gasteiger partial charge in [0, 0.05) is 11.2 Å². The van der Waals surface area contributed by atoms with E-state index in [9.17, 15) is 19.2 Å². The van der Waals surface area contributed by atoms with Gasteiger partial charge in [0.15, 0.2) is 0 Å². The van der Waals surface area contributed by atoms with Gasteiger partial charge in [0.2, 0.25) is 11.8 Å². The smallest absolute Gasteiger partial charge is 0.408 e. The Morgan fingerprint density at radius 1 is 0.974 bits per heavy atom. The Hall–Kier alpha value is -4.08. The van der Waals surface area contributed by atoms with Crippen molar-refractivity contribution in [1.29, 1.82) is 0 Å². The van der Waals surface area contributed by atoms with Crippen molar-refractivity contribution >= 4 is 29.5 Å². The molecule has 0 bridgehead atoms. The number of ether oxygens (including phenoxy) is 2. The molecule has 10 heteroatoms. The van der Waals surface area contributed by atoms with E-state index in [-0.39, 0.29) is 0 Å². The number of aryl methyl sites for hydroxylation is 1. The number of carbonyl (C=O) groups excluding carboxylic acids is 4. The molecule has 0 saturated heterocycles. The maximum Gasteiger partial charge on any atom is 0.408 e. The zero-order valence-corrected chi connectivity index (χ0v) is 24.0. The molecule has 2 atom stereocenters. The summed E-state index contributed by atoms with van der Waals surface area (Å²) in [5.74, 6) is -1.32. The van der Waals surface area contributed by atoms with Crippen LogP contribution in [0.5, 0.6) is 5.75 Å². The zero-order chi connectivity index (χ0) is 29.5. The zero-order valence-electron chi connectivity index (χ0n) is 24.0. The van der Waals surface area contributed by atoms with Crippen LogP contribution in [-0.4, -0.2) is 53.0 Å². The Kier molecular flexibility index (Phi) is 10.1. The number of nitrogens with zero attached hydrogens (tertiary/aromatic N) is 1. The fraction of sp³-hybridized carbons (Fsp3) is 0.448. The third-order valence-corrected chi connectivity index (χ3v) is 5.58. The minimum atomic E-state index is -1.36. The normalized spacial score (nSPS) is 13.0. The van der Waals surface area contributed by atoms with Gasteiger partial charge in [0.05, 0.1) is 13.5 Å². The Balaban J connectivity index is 2.58. The lowest BCUT2D eigenvalue weighted by atomic mass is 9.94. The first-order valence-electron chi connectivity index (χ1n) is 12.6. The fourth-order valence-electron chi connectivity index (χ4n) is 4.01. The summed E-state index contributed by atoms with van der Waals surface area (Å²) in [7, 11) is 1.54. The first-order valence-corrected chi connectivity index (χ1v) is 12.6. The van der Waals surface area contributed by atoms with Gasteiger partial charge in [-0.05, 0) is 78.3 Å². The van der Waals surface area contributed by atoms with Crippen molar-refractivity contribution in [3.8, 4) is 5.75 Å². The lowest BCUT2D eigenvalue weighted by Crippen LogP contribution is -2.58.